The number of nitrogens with zero attached hydrogens (tertiary/aromatic N) is 3. The number of nitrogens with one attached hydrogen (secondary N) is 1. The minimum Gasteiger partial charge on any atom is -0.374 e. The van der Waals surface area contributed by atoms with Gasteiger partial charge < -0.3 is 15.1 Å². The van der Waals surface area contributed by atoms with Gasteiger partial charge in [-0.15, -0.1) is 0 Å². The van der Waals surface area contributed by atoms with Crippen LogP contribution in [0.1, 0.15) is 30.0 Å². The zero-order valence-corrected chi connectivity index (χ0v) is 18.5. The predicted octanol–water partition coefficient (Wildman–Crippen LogP) is 4.63. The van der Waals surface area contributed by atoms with E-state index < -0.39 is 0 Å². The zero-order chi connectivity index (χ0) is 22.0. The van der Waals surface area contributed by atoms with Gasteiger partial charge in [-0.3, -0.25) is 9.78 Å². The highest BCUT2D eigenvalue weighted by Gasteiger charge is 2.30. The van der Waals surface area contributed by atoms with E-state index in [1.54, 1.807) is 6.20 Å². The van der Waals surface area contributed by atoms with Gasteiger partial charge in [-0.2, -0.15) is 0 Å². The minimum atomic E-state index is -0.225. The van der Waals surface area contributed by atoms with Crippen LogP contribution in [-0.2, 0) is 4.79 Å². The first-order valence-electron chi connectivity index (χ1n) is 10.5. The molecule has 1 aromatic heterocycles. The molecule has 2 aliphatic heterocycles. The van der Waals surface area contributed by atoms with E-state index in [9.17, 15) is 9.18 Å². The lowest BCUT2D eigenvalue weighted by Crippen LogP contribution is -2.40. The summed E-state index contributed by atoms with van der Waals surface area (Å²) < 4.78 is 13.2. The Hall–Kier alpha value is -2.86. The second-order valence-corrected chi connectivity index (χ2v) is 8.63. The van der Waals surface area contributed by atoms with E-state index in [-0.39, 0.29) is 11.7 Å². The van der Waals surface area contributed by atoms with Crippen LogP contribution < -0.4 is 5.32 Å². The van der Waals surface area contributed by atoms with E-state index >= 15 is 0 Å². The van der Waals surface area contributed by atoms with Crippen molar-refractivity contribution in [1.82, 2.24) is 14.8 Å². The summed E-state index contributed by atoms with van der Waals surface area (Å²) >= 11 is 6.57. The highest BCUT2D eigenvalue weighted by Crippen LogP contribution is 2.31. The summed E-state index contributed by atoms with van der Waals surface area (Å²) in [4.78, 5) is 21.5. The fourth-order valence-corrected chi connectivity index (χ4v) is 4.42. The van der Waals surface area contributed by atoms with Crippen molar-refractivity contribution in [2.24, 2.45) is 0 Å². The Bertz CT molecular complexity index is 1010. The average molecular weight is 441 g/mol. The number of piperidine rings is 1. The van der Waals surface area contributed by atoms with Gasteiger partial charge in [-0.25, -0.2) is 4.39 Å². The fraction of sp³-hybridized carbons (Fsp3) is 0.333. The molecular weight excluding hydrogens is 415 g/mol. The van der Waals surface area contributed by atoms with E-state index in [1.165, 1.54) is 12.1 Å². The molecule has 5 nitrogen and oxygen atoms in total. The summed E-state index contributed by atoms with van der Waals surface area (Å²) in [6.07, 6.45) is 5.29. The van der Waals surface area contributed by atoms with Crippen LogP contribution in [0.3, 0.4) is 0 Å². The Morgan fingerprint density at radius 3 is 2.52 bits per heavy atom. The van der Waals surface area contributed by atoms with Gasteiger partial charge in [0.2, 0.25) is 0 Å². The van der Waals surface area contributed by atoms with Crippen molar-refractivity contribution in [3.63, 3.8) is 0 Å². The molecule has 162 valence electrons. The van der Waals surface area contributed by atoms with Gasteiger partial charge >= 0.3 is 0 Å². The minimum absolute atomic E-state index is 0.0372. The first-order chi connectivity index (χ1) is 14.9. The molecule has 0 saturated carbocycles. The Balaban J connectivity index is 1.48. The molecule has 3 heterocycles. The Kier molecular flexibility index (Phi) is 6.28. The molecule has 1 saturated heterocycles. The summed E-state index contributed by atoms with van der Waals surface area (Å²) in [5, 5.41) is 3.89. The van der Waals surface area contributed by atoms with Crippen molar-refractivity contribution >= 4 is 23.2 Å². The van der Waals surface area contributed by atoms with Gasteiger partial charge in [0.1, 0.15) is 5.82 Å². The number of likely N-dealkylation sites (tertiary alicyclic amines) is 1. The molecule has 0 unspecified atom stereocenters. The van der Waals surface area contributed by atoms with Crippen molar-refractivity contribution < 1.29 is 9.18 Å². The van der Waals surface area contributed by atoms with Crippen LogP contribution in [0.25, 0.3) is 0 Å². The van der Waals surface area contributed by atoms with E-state index in [2.05, 4.69) is 10.3 Å². The van der Waals surface area contributed by atoms with Crippen molar-refractivity contribution in [2.75, 3.05) is 32.0 Å². The number of halogens is 2. The van der Waals surface area contributed by atoms with Gasteiger partial charge in [0.25, 0.3) is 5.91 Å². The number of aromatic nitrogens is 1. The highest BCUT2D eigenvalue weighted by atomic mass is 35.5. The molecule has 2 aromatic rings. The highest BCUT2D eigenvalue weighted by molar-refractivity contribution is 6.31. The SMILES string of the molecule is Cc1ccc(NC2=C(Cl)CN(C)C=C2C(=O)N2CCC(c3ccc(F)cc3)CC2)cn1. The van der Waals surface area contributed by atoms with Crippen molar-refractivity contribution in [3.8, 4) is 0 Å². The Morgan fingerprint density at radius 1 is 1.16 bits per heavy atom. The van der Waals surface area contributed by atoms with Crippen LogP contribution in [0.4, 0.5) is 10.1 Å². The van der Waals surface area contributed by atoms with Crippen molar-refractivity contribution in [3.05, 3.63) is 82.2 Å². The van der Waals surface area contributed by atoms with Crippen LogP contribution in [0.15, 0.2) is 65.1 Å². The second-order valence-electron chi connectivity index (χ2n) is 8.17. The first-order valence-corrected chi connectivity index (χ1v) is 10.8. The summed E-state index contributed by atoms with van der Waals surface area (Å²) in [7, 11) is 1.90. The lowest BCUT2D eigenvalue weighted by molar-refractivity contribution is -0.128. The van der Waals surface area contributed by atoms with Gasteiger partial charge in [0.05, 0.1) is 34.7 Å². The normalized spacial score (nSPS) is 17.6. The summed E-state index contributed by atoms with van der Waals surface area (Å²) in [5.41, 5.74) is 4.03. The molecule has 4 rings (SSSR count). The monoisotopic (exact) mass is 440 g/mol. The molecule has 1 aromatic carbocycles. The smallest absolute Gasteiger partial charge is 0.257 e. The van der Waals surface area contributed by atoms with E-state index in [1.807, 2.05) is 54.2 Å². The van der Waals surface area contributed by atoms with Crippen molar-refractivity contribution in [1.29, 1.82) is 0 Å². The fourth-order valence-electron chi connectivity index (χ4n) is 4.08. The number of benzene rings is 1. The topological polar surface area (TPSA) is 48.5 Å². The molecule has 2 aliphatic rings. The number of carbonyl (C=O) groups excluding carboxylic acids is 1. The third-order valence-corrected chi connectivity index (χ3v) is 6.12. The largest absolute Gasteiger partial charge is 0.374 e. The lowest BCUT2D eigenvalue weighted by Gasteiger charge is -2.34. The number of carbonyl (C=O) groups is 1. The predicted molar refractivity (Wildman–Crippen MR) is 121 cm³/mol. The van der Waals surface area contributed by atoms with Crippen LogP contribution in [0, 0.1) is 12.7 Å². The average Bonchev–Trinajstić information content (AvgIpc) is 2.77. The molecule has 31 heavy (non-hydrogen) atoms. The van der Waals surface area contributed by atoms with Gasteiger partial charge in [0, 0.05) is 32.0 Å². The molecular formula is C24H26ClFN4O. The lowest BCUT2D eigenvalue weighted by atomic mass is 9.89. The number of amides is 1. The zero-order valence-electron chi connectivity index (χ0n) is 17.7. The maximum atomic E-state index is 13.4. The molecule has 7 heteroatoms. The number of anilines is 1. The first kappa shape index (κ1) is 21.4. The van der Waals surface area contributed by atoms with Crippen LogP contribution in [0.5, 0.6) is 0 Å². The standard InChI is InChI=1S/C24H26ClFN4O/c1-16-3-8-20(13-27-16)28-23-21(14-29(2)15-22(23)25)24(31)30-11-9-18(10-12-30)17-4-6-19(26)7-5-17/h3-8,13-14,18,28H,9-12,15H2,1-2H3. The van der Waals surface area contributed by atoms with Crippen LogP contribution >= 0.6 is 11.6 Å². The number of hydrogen-bond acceptors (Lipinski definition) is 4. The summed E-state index contributed by atoms with van der Waals surface area (Å²) in [5.74, 6) is 0.0741. The van der Waals surface area contributed by atoms with Crippen molar-refractivity contribution in [2.45, 2.75) is 25.7 Å². The molecule has 1 fully saturated rings. The number of pyridine rings is 1. The van der Waals surface area contributed by atoms with Crippen LogP contribution in [0.2, 0.25) is 0 Å². The van der Waals surface area contributed by atoms with E-state index in [4.69, 9.17) is 11.6 Å². The Labute approximate surface area is 187 Å². The number of rotatable bonds is 4. The maximum absolute atomic E-state index is 13.4. The molecule has 0 bridgehead atoms. The van der Waals surface area contributed by atoms with Gasteiger partial charge in [0.15, 0.2) is 0 Å². The molecule has 1 amide bonds. The summed E-state index contributed by atoms with van der Waals surface area (Å²) in [6, 6.07) is 10.5. The summed E-state index contributed by atoms with van der Waals surface area (Å²) in [6.45, 7) is 3.76. The third kappa shape index (κ3) is 4.90. The third-order valence-electron chi connectivity index (χ3n) is 5.81. The second kappa shape index (κ2) is 9.10. The van der Waals surface area contributed by atoms with Gasteiger partial charge in [-0.05, 0) is 55.5 Å². The molecule has 0 aliphatic carbocycles. The van der Waals surface area contributed by atoms with E-state index in [0.717, 1.165) is 29.8 Å². The molecule has 1 N–H and O–H groups in total. The Morgan fingerprint density at radius 2 is 1.87 bits per heavy atom. The molecule has 0 spiro atoms. The van der Waals surface area contributed by atoms with Crippen LogP contribution in [-0.4, -0.2) is 47.4 Å². The molecule has 0 radical (unpaired) electrons. The number of hydrogen-bond donors (Lipinski definition) is 1. The maximum Gasteiger partial charge on any atom is 0.257 e. The number of likely N-dealkylation sites (N-methyl/N-ethyl adjacent to an activating group) is 1. The van der Waals surface area contributed by atoms with Gasteiger partial charge in [-0.1, -0.05) is 23.7 Å². The number of aryl methyl sites for hydroxylation is 1. The molecule has 0 atom stereocenters. The van der Waals surface area contributed by atoms with E-state index in [0.29, 0.717) is 41.9 Å². The quantitative estimate of drug-likeness (QED) is 0.753.